The first-order valence-corrected chi connectivity index (χ1v) is 7.42. The van der Waals surface area contributed by atoms with E-state index < -0.39 is 5.97 Å². The van der Waals surface area contributed by atoms with E-state index in [1.165, 1.54) is 18.9 Å². The second-order valence-corrected chi connectivity index (χ2v) is 5.17. The van der Waals surface area contributed by atoms with Gasteiger partial charge in [0.15, 0.2) is 0 Å². The molecule has 0 aliphatic heterocycles. The third-order valence-corrected chi connectivity index (χ3v) is 3.75. The van der Waals surface area contributed by atoms with Crippen LogP contribution in [0.4, 0.5) is 0 Å². The van der Waals surface area contributed by atoms with E-state index in [4.69, 9.17) is 4.74 Å². The fourth-order valence-corrected chi connectivity index (χ4v) is 2.63. The predicted molar refractivity (Wildman–Crippen MR) is 85.5 cm³/mol. The number of amides is 1. The number of esters is 1. The highest BCUT2D eigenvalue weighted by Gasteiger charge is 2.15. The number of carbonyl (C=O) groups excluding carboxylic acids is 2. The summed E-state index contributed by atoms with van der Waals surface area (Å²) in [7, 11) is 1.34. The van der Waals surface area contributed by atoms with E-state index in [0.717, 1.165) is 4.90 Å². The summed E-state index contributed by atoms with van der Waals surface area (Å²) in [6, 6.07) is 7.07. The molecule has 0 N–H and O–H groups in total. The topological polar surface area (TPSA) is 46.6 Å². The van der Waals surface area contributed by atoms with Crippen LogP contribution in [0.2, 0.25) is 0 Å². The first kappa shape index (κ1) is 17.0. The second kappa shape index (κ2) is 9.02. The molecule has 0 spiro atoms. The summed E-state index contributed by atoms with van der Waals surface area (Å²) in [4.78, 5) is 26.2. The zero-order valence-electron chi connectivity index (χ0n) is 12.1. The monoisotopic (exact) mass is 305 g/mol. The molecule has 0 unspecified atom stereocenters. The summed E-state index contributed by atoms with van der Waals surface area (Å²) in [6.07, 6.45) is 3.35. The van der Waals surface area contributed by atoms with Gasteiger partial charge in [-0.1, -0.05) is 24.3 Å². The average molecular weight is 305 g/mol. The molecule has 0 aromatic heterocycles. The van der Waals surface area contributed by atoms with Crippen molar-refractivity contribution in [2.24, 2.45) is 0 Å². The van der Waals surface area contributed by atoms with Gasteiger partial charge in [0.1, 0.15) is 0 Å². The molecule has 0 atom stereocenters. The molecule has 1 amide bonds. The Kier molecular flexibility index (Phi) is 7.32. The van der Waals surface area contributed by atoms with E-state index in [1.54, 1.807) is 35.3 Å². The van der Waals surface area contributed by atoms with Crippen LogP contribution in [0.5, 0.6) is 0 Å². The standard InChI is InChI=1S/C16H19NO3S/c1-4-10-17(11-5-2)15(18)12-21-14-9-7-6-8-13(14)16(19)20-3/h4-9H,1-2,10-12H2,3H3. The van der Waals surface area contributed by atoms with Crippen molar-refractivity contribution in [1.29, 1.82) is 0 Å². The Hall–Kier alpha value is -2.01. The van der Waals surface area contributed by atoms with Crippen molar-refractivity contribution >= 4 is 23.6 Å². The minimum Gasteiger partial charge on any atom is -0.465 e. The molecule has 112 valence electrons. The lowest BCUT2D eigenvalue weighted by molar-refractivity contribution is -0.127. The number of carbonyl (C=O) groups is 2. The van der Waals surface area contributed by atoms with Crippen molar-refractivity contribution in [2.75, 3.05) is 26.0 Å². The van der Waals surface area contributed by atoms with E-state index in [9.17, 15) is 9.59 Å². The summed E-state index contributed by atoms with van der Waals surface area (Å²) in [5.74, 6) is -0.186. The fourth-order valence-electron chi connectivity index (χ4n) is 1.69. The number of benzene rings is 1. The van der Waals surface area contributed by atoms with Crippen molar-refractivity contribution in [3.8, 4) is 0 Å². The Labute approximate surface area is 129 Å². The van der Waals surface area contributed by atoms with Crippen molar-refractivity contribution in [3.05, 3.63) is 55.1 Å². The van der Waals surface area contributed by atoms with E-state index in [-0.39, 0.29) is 11.7 Å². The van der Waals surface area contributed by atoms with Crippen LogP contribution in [0.1, 0.15) is 10.4 Å². The Morgan fingerprint density at radius 3 is 2.43 bits per heavy atom. The van der Waals surface area contributed by atoms with Crippen LogP contribution in [-0.4, -0.2) is 42.7 Å². The summed E-state index contributed by atoms with van der Waals surface area (Å²) in [5.41, 5.74) is 0.469. The number of methoxy groups -OCH3 is 1. The van der Waals surface area contributed by atoms with Crippen LogP contribution in [0, 0.1) is 0 Å². The van der Waals surface area contributed by atoms with Gasteiger partial charge in [-0.15, -0.1) is 24.9 Å². The van der Waals surface area contributed by atoms with Gasteiger partial charge in [0.25, 0.3) is 0 Å². The molecule has 4 nitrogen and oxygen atoms in total. The summed E-state index contributed by atoms with van der Waals surface area (Å²) >= 11 is 1.32. The highest BCUT2D eigenvalue weighted by atomic mass is 32.2. The zero-order chi connectivity index (χ0) is 15.7. The maximum atomic E-state index is 12.1. The summed E-state index contributed by atoms with van der Waals surface area (Å²) in [5, 5.41) is 0. The van der Waals surface area contributed by atoms with Gasteiger partial charge in [-0.25, -0.2) is 4.79 Å². The minimum absolute atomic E-state index is 0.0283. The molecule has 0 heterocycles. The van der Waals surface area contributed by atoms with Gasteiger partial charge >= 0.3 is 5.97 Å². The molecule has 1 aromatic carbocycles. The van der Waals surface area contributed by atoms with Gasteiger partial charge in [-0.3, -0.25) is 4.79 Å². The number of thioether (sulfide) groups is 1. The SMILES string of the molecule is C=CCN(CC=C)C(=O)CSc1ccccc1C(=O)OC. The van der Waals surface area contributed by atoms with Crippen LogP contribution < -0.4 is 0 Å². The molecular formula is C16H19NO3S. The smallest absolute Gasteiger partial charge is 0.338 e. The van der Waals surface area contributed by atoms with Gasteiger partial charge in [0, 0.05) is 18.0 Å². The fraction of sp³-hybridized carbons (Fsp3) is 0.250. The van der Waals surface area contributed by atoms with Crippen molar-refractivity contribution < 1.29 is 14.3 Å². The van der Waals surface area contributed by atoms with Crippen LogP contribution in [0.15, 0.2) is 54.5 Å². The van der Waals surface area contributed by atoms with Gasteiger partial charge in [0.05, 0.1) is 18.4 Å². The molecule has 5 heteroatoms. The molecular weight excluding hydrogens is 286 g/mol. The lowest BCUT2D eigenvalue weighted by Crippen LogP contribution is -2.32. The molecule has 21 heavy (non-hydrogen) atoms. The van der Waals surface area contributed by atoms with Crippen LogP contribution >= 0.6 is 11.8 Å². The molecule has 0 aliphatic carbocycles. The van der Waals surface area contributed by atoms with Crippen LogP contribution in [0.25, 0.3) is 0 Å². The average Bonchev–Trinajstić information content (AvgIpc) is 2.52. The van der Waals surface area contributed by atoms with Crippen molar-refractivity contribution in [2.45, 2.75) is 4.90 Å². The van der Waals surface area contributed by atoms with Crippen molar-refractivity contribution in [1.82, 2.24) is 4.90 Å². The summed E-state index contributed by atoms with van der Waals surface area (Å²) < 4.78 is 4.73. The molecule has 0 saturated heterocycles. The number of hydrogen-bond donors (Lipinski definition) is 0. The molecule has 0 aliphatic rings. The lowest BCUT2D eigenvalue weighted by atomic mass is 10.2. The Morgan fingerprint density at radius 2 is 1.86 bits per heavy atom. The zero-order valence-corrected chi connectivity index (χ0v) is 12.9. The van der Waals surface area contributed by atoms with Crippen LogP contribution in [-0.2, 0) is 9.53 Å². The third kappa shape index (κ3) is 5.11. The van der Waals surface area contributed by atoms with Crippen LogP contribution in [0.3, 0.4) is 0 Å². The maximum Gasteiger partial charge on any atom is 0.338 e. The first-order chi connectivity index (χ1) is 10.1. The van der Waals surface area contributed by atoms with Gasteiger partial charge < -0.3 is 9.64 Å². The first-order valence-electron chi connectivity index (χ1n) is 6.43. The minimum atomic E-state index is -0.403. The highest BCUT2D eigenvalue weighted by Crippen LogP contribution is 2.23. The second-order valence-electron chi connectivity index (χ2n) is 4.15. The van der Waals surface area contributed by atoms with E-state index in [1.807, 2.05) is 6.07 Å². The molecule has 0 fully saturated rings. The Bertz CT molecular complexity index is 518. The predicted octanol–water partition coefficient (Wildman–Crippen LogP) is 2.77. The normalized spacial score (nSPS) is 9.76. The lowest BCUT2D eigenvalue weighted by Gasteiger charge is -2.19. The molecule has 0 bridgehead atoms. The third-order valence-electron chi connectivity index (χ3n) is 2.70. The van der Waals surface area contributed by atoms with Gasteiger partial charge in [-0.2, -0.15) is 0 Å². The molecule has 0 radical (unpaired) electrons. The number of nitrogens with zero attached hydrogens (tertiary/aromatic N) is 1. The molecule has 0 saturated carbocycles. The highest BCUT2D eigenvalue weighted by molar-refractivity contribution is 8.00. The molecule has 1 rings (SSSR count). The van der Waals surface area contributed by atoms with E-state index in [0.29, 0.717) is 18.7 Å². The Balaban J connectivity index is 2.74. The largest absolute Gasteiger partial charge is 0.465 e. The van der Waals surface area contributed by atoms with Gasteiger partial charge in [0.2, 0.25) is 5.91 Å². The maximum absolute atomic E-state index is 12.1. The number of ether oxygens (including phenoxy) is 1. The summed E-state index contributed by atoms with van der Waals surface area (Å²) in [6.45, 7) is 8.22. The van der Waals surface area contributed by atoms with E-state index in [2.05, 4.69) is 13.2 Å². The number of rotatable bonds is 8. The van der Waals surface area contributed by atoms with Crippen molar-refractivity contribution in [3.63, 3.8) is 0 Å². The Morgan fingerprint density at radius 1 is 1.24 bits per heavy atom. The quantitative estimate of drug-likeness (QED) is 0.421. The number of hydrogen-bond acceptors (Lipinski definition) is 4. The van der Waals surface area contributed by atoms with E-state index >= 15 is 0 Å². The molecule has 1 aromatic rings. The van der Waals surface area contributed by atoms with Gasteiger partial charge in [-0.05, 0) is 12.1 Å².